The van der Waals surface area contributed by atoms with Crippen molar-refractivity contribution in [2.75, 3.05) is 13.1 Å². The molecule has 1 aliphatic heterocycles. The molecule has 27 heavy (non-hydrogen) atoms. The molecule has 2 aromatic heterocycles. The van der Waals surface area contributed by atoms with Crippen molar-refractivity contribution < 1.29 is 18.3 Å². The van der Waals surface area contributed by atoms with Crippen molar-refractivity contribution in [1.29, 1.82) is 0 Å². The van der Waals surface area contributed by atoms with Gasteiger partial charge in [0.25, 0.3) is 12.3 Å². The Morgan fingerprint density at radius 2 is 2.11 bits per heavy atom. The summed E-state index contributed by atoms with van der Waals surface area (Å²) in [4.78, 5) is 14.0. The van der Waals surface area contributed by atoms with E-state index in [0.717, 1.165) is 10.9 Å². The number of piperidine rings is 1. The minimum atomic E-state index is -2.41. The van der Waals surface area contributed by atoms with E-state index in [9.17, 15) is 13.6 Å². The number of benzene rings is 1. The van der Waals surface area contributed by atoms with Gasteiger partial charge in [0.1, 0.15) is 11.9 Å². The van der Waals surface area contributed by atoms with Crippen LogP contribution >= 0.6 is 0 Å². The molecule has 0 radical (unpaired) electrons. The van der Waals surface area contributed by atoms with Crippen molar-refractivity contribution in [2.24, 2.45) is 0 Å². The number of fused-ring (bicyclic) bond motifs is 1. The molecule has 1 N–H and O–H groups in total. The van der Waals surface area contributed by atoms with Gasteiger partial charge in [-0.2, -0.15) is 15.4 Å². The molecule has 1 saturated heterocycles. The van der Waals surface area contributed by atoms with Gasteiger partial charge in [0, 0.05) is 37.5 Å². The van der Waals surface area contributed by atoms with Gasteiger partial charge in [-0.05, 0) is 18.2 Å². The van der Waals surface area contributed by atoms with Crippen LogP contribution in [0.15, 0.2) is 36.7 Å². The third-order valence-corrected chi connectivity index (χ3v) is 4.77. The van der Waals surface area contributed by atoms with Crippen molar-refractivity contribution in [2.45, 2.75) is 31.9 Å². The van der Waals surface area contributed by atoms with Crippen molar-refractivity contribution in [1.82, 2.24) is 24.9 Å². The van der Waals surface area contributed by atoms with E-state index in [2.05, 4.69) is 15.4 Å². The number of alkyl halides is 2. The highest BCUT2D eigenvalue weighted by Gasteiger charge is 2.26. The van der Waals surface area contributed by atoms with Crippen molar-refractivity contribution in [3.63, 3.8) is 0 Å². The molecule has 7 nitrogen and oxygen atoms in total. The average molecular weight is 375 g/mol. The number of nitrogens with zero attached hydrogens (tertiary/aromatic N) is 4. The summed E-state index contributed by atoms with van der Waals surface area (Å²) in [6.45, 7) is 0.799. The van der Waals surface area contributed by atoms with Crippen LogP contribution in [0.1, 0.15) is 23.3 Å². The number of carbonyl (C=O) groups excluding carboxylic acids is 1. The summed E-state index contributed by atoms with van der Waals surface area (Å²) >= 11 is 0. The molecule has 0 atom stereocenters. The lowest BCUT2D eigenvalue weighted by atomic mass is 10.1. The molecule has 1 fully saturated rings. The van der Waals surface area contributed by atoms with Crippen LogP contribution in [-0.4, -0.2) is 56.4 Å². The Hall–Kier alpha value is -2.97. The summed E-state index contributed by atoms with van der Waals surface area (Å²) in [6.07, 6.45) is 2.01. The number of aromatic amines is 1. The number of H-pyrrole nitrogens is 1. The van der Waals surface area contributed by atoms with Gasteiger partial charge in [-0.25, -0.2) is 8.78 Å². The summed E-state index contributed by atoms with van der Waals surface area (Å²) in [7, 11) is 0. The van der Waals surface area contributed by atoms with E-state index in [-0.39, 0.29) is 18.6 Å². The molecule has 0 aliphatic carbocycles. The van der Waals surface area contributed by atoms with Gasteiger partial charge in [0.2, 0.25) is 0 Å². The lowest BCUT2D eigenvalue weighted by molar-refractivity contribution is 0.0592. The SMILES string of the molecule is O=C(c1cn[nH]n1)N1CCC(Oc2cccc3c2ccn3CC(F)F)CC1. The predicted molar refractivity (Wildman–Crippen MR) is 93.9 cm³/mol. The molecule has 0 bridgehead atoms. The maximum Gasteiger partial charge on any atom is 0.276 e. The number of hydrogen-bond acceptors (Lipinski definition) is 4. The highest BCUT2D eigenvalue weighted by Crippen LogP contribution is 2.29. The molecule has 3 heterocycles. The Morgan fingerprint density at radius 3 is 2.81 bits per heavy atom. The molecular formula is C18H19F2N5O2. The van der Waals surface area contributed by atoms with Crippen LogP contribution in [0.4, 0.5) is 8.78 Å². The number of hydrogen-bond donors (Lipinski definition) is 1. The molecule has 0 saturated carbocycles. The van der Waals surface area contributed by atoms with E-state index in [1.54, 1.807) is 17.2 Å². The zero-order valence-electron chi connectivity index (χ0n) is 14.5. The van der Waals surface area contributed by atoms with Crippen molar-refractivity contribution in [3.05, 3.63) is 42.4 Å². The number of carbonyl (C=O) groups is 1. The lowest BCUT2D eigenvalue weighted by Crippen LogP contribution is -2.41. The normalized spacial score (nSPS) is 15.6. The van der Waals surface area contributed by atoms with E-state index in [0.29, 0.717) is 37.4 Å². The van der Waals surface area contributed by atoms with Gasteiger partial charge in [-0.15, -0.1) is 0 Å². The first-order valence-electron chi connectivity index (χ1n) is 8.79. The van der Waals surface area contributed by atoms with Gasteiger partial charge >= 0.3 is 0 Å². The molecule has 0 unspecified atom stereocenters. The Morgan fingerprint density at radius 1 is 1.30 bits per heavy atom. The van der Waals surface area contributed by atoms with E-state index in [1.165, 1.54) is 10.8 Å². The van der Waals surface area contributed by atoms with Crippen molar-refractivity contribution in [3.8, 4) is 5.75 Å². The van der Waals surface area contributed by atoms with Crippen LogP contribution in [-0.2, 0) is 6.54 Å². The number of nitrogens with one attached hydrogen (secondary N) is 1. The second-order valence-corrected chi connectivity index (χ2v) is 6.51. The largest absolute Gasteiger partial charge is 0.490 e. The van der Waals surface area contributed by atoms with E-state index >= 15 is 0 Å². The Labute approximate surface area is 153 Å². The van der Waals surface area contributed by atoms with E-state index < -0.39 is 6.43 Å². The predicted octanol–water partition coefficient (Wildman–Crippen LogP) is 2.71. The molecule has 142 valence electrons. The second-order valence-electron chi connectivity index (χ2n) is 6.51. The number of halogens is 2. The van der Waals surface area contributed by atoms with Gasteiger partial charge in [0.15, 0.2) is 5.69 Å². The van der Waals surface area contributed by atoms with Gasteiger partial charge in [0.05, 0.1) is 18.3 Å². The van der Waals surface area contributed by atoms with Crippen LogP contribution in [0.3, 0.4) is 0 Å². The van der Waals surface area contributed by atoms with Crippen molar-refractivity contribution >= 4 is 16.8 Å². The molecule has 4 rings (SSSR count). The zero-order chi connectivity index (χ0) is 18.8. The number of ether oxygens (including phenoxy) is 1. The molecule has 1 amide bonds. The second kappa shape index (κ2) is 7.34. The Bertz CT molecular complexity index is 917. The fourth-order valence-corrected chi connectivity index (χ4v) is 3.43. The minimum Gasteiger partial charge on any atom is -0.490 e. The Kier molecular flexibility index (Phi) is 4.74. The third-order valence-electron chi connectivity index (χ3n) is 4.77. The molecular weight excluding hydrogens is 356 g/mol. The maximum absolute atomic E-state index is 12.7. The van der Waals surface area contributed by atoms with Gasteiger partial charge < -0.3 is 14.2 Å². The minimum absolute atomic E-state index is 0.0320. The molecule has 1 aromatic carbocycles. The molecule has 1 aliphatic rings. The summed E-state index contributed by atoms with van der Waals surface area (Å²) in [5.74, 6) is 0.537. The van der Waals surface area contributed by atoms with Gasteiger partial charge in [-0.3, -0.25) is 4.79 Å². The topological polar surface area (TPSA) is 76.0 Å². The lowest BCUT2D eigenvalue weighted by Gasteiger charge is -2.31. The highest BCUT2D eigenvalue weighted by atomic mass is 19.3. The quantitative estimate of drug-likeness (QED) is 0.744. The van der Waals surface area contributed by atoms with Crippen LogP contribution in [0.25, 0.3) is 10.9 Å². The molecule has 9 heteroatoms. The number of rotatable bonds is 5. The fraction of sp³-hybridized carbons (Fsp3) is 0.389. The summed E-state index contributed by atoms with van der Waals surface area (Å²) in [6, 6.07) is 7.27. The van der Waals surface area contributed by atoms with E-state index in [1.807, 2.05) is 18.2 Å². The van der Waals surface area contributed by atoms with Gasteiger partial charge in [-0.1, -0.05) is 6.07 Å². The highest BCUT2D eigenvalue weighted by molar-refractivity contribution is 5.92. The number of likely N-dealkylation sites (tertiary alicyclic amines) is 1. The van der Waals surface area contributed by atoms with E-state index in [4.69, 9.17) is 4.74 Å². The maximum atomic E-state index is 12.7. The zero-order valence-corrected chi connectivity index (χ0v) is 14.5. The molecule has 0 spiro atoms. The summed E-state index contributed by atoms with van der Waals surface area (Å²) in [5.41, 5.74) is 1.03. The first-order chi connectivity index (χ1) is 13.1. The summed E-state index contributed by atoms with van der Waals surface area (Å²) in [5, 5.41) is 10.7. The molecule has 3 aromatic rings. The monoisotopic (exact) mass is 375 g/mol. The van der Waals surface area contributed by atoms with Crippen LogP contribution in [0, 0.1) is 0 Å². The Balaban J connectivity index is 1.42. The first-order valence-corrected chi connectivity index (χ1v) is 8.79. The van der Waals surface area contributed by atoms with Crippen LogP contribution < -0.4 is 4.74 Å². The summed E-state index contributed by atoms with van der Waals surface area (Å²) < 4.78 is 33.1. The fourth-order valence-electron chi connectivity index (χ4n) is 3.43. The average Bonchev–Trinajstić information content (AvgIpc) is 3.33. The van der Waals surface area contributed by atoms with Crippen LogP contribution in [0.2, 0.25) is 0 Å². The first kappa shape index (κ1) is 17.4. The van der Waals surface area contributed by atoms with Crippen LogP contribution in [0.5, 0.6) is 5.75 Å². The smallest absolute Gasteiger partial charge is 0.276 e. The number of aromatic nitrogens is 4. The standard InChI is InChI=1S/C18H19F2N5O2/c19-17(20)11-25-9-6-13-15(25)2-1-3-16(13)27-12-4-7-24(8-5-12)18(26)14-10-21-23-22-14/h1-3,6,9-10,12,17H,4-5,7-8,11H2,(H,21,22,23). The number of amides is 1. The third kappa shape index (κ3) is 3.62.